The van der Waals surface area contributed by atoms with Crippen molar-refractivity contribution in [3.63, 3.8) is 0 Å². The van der Waals surface area contributed by atoms with Crippen LogP contribution in [0.4, 0.5) is 5.69 Å². The van der Waals surface area contributed by atoms with Crippen molar-refractivity contribution < 1.29 is 4.79 Å². The largest absolute Gasteiger partial charge is 0.324 e. The fourth-order valence-corrected chi connectivity index (χ4v) is 4.13. The zero-order chi connectivity index (χ0) is 16.7. The molecule has 0 bridgehead atoms. The van der Waals surface area contributed by atoms with Gasteiger partial charge in [-0.25, -0.2) is 0 Å². The van der Waals surface area contributed by atoms with E-state index in [4.69, 9.17) is 0 Å². The molecule has 7 heteroatoms. The van der Waals surface area contributed by atoms with Gasteiger partial charge in [-0.05, 0) is 66.2 Å². The van der Waals surface area contributed by atoms with E-state index in [0.29, 0.717) is 17.7 Å². The lowest BCUT2D eigenvalue weighted by Crippen LogP contribution is -2.15. The van der Waals surface area contributed by atoms with Crippen LogP contribution < -0.4 is 5.32 Å². The van der Waals surface area contributed by atoms with Crippen LogP contribution in [0.2, 0.25) is 0 Å². The third-order valence-electron chi connectivity index (χ3n) is 4.28. The molecule has 126 valence electrons. The maximum atomic E-state index is 12.3. The van der Waals surface area contributed by atoms with Crippen molar-refractivity contribution in [1.82, 2.24) is 14.8 Å². The summed E-state index contributed by atoms with van der Waals surface area (Å²) in [7, 11) is 0. The SMILES string of the molecule is Cc1ccc(NC(=O)CSc2nnc(C3CC3)n2C2CC2)c(Br)c1. The highest BCUT2D eigenvalue weighted by atomic mass is 79.9. The predicted octanol–water partition coefficient (Wildman–Crippen LogP) is 4.29. The molecule has 0 aliphatic heterocycles. The molecule has 2 saturated carbocycles. The zero-order valence-electron chi connectivity index (χ0n) is 13.5. The van der Waals surface area contributed by atoms with Crippen molar-refractivity contribution in [3.8, 4) is 0 Å². The second-order valence-corrected chi connectivity index (χ2v) is 8.33. The summed E-state index contributed by atoms with van der Waals surface area (Å²) in [6.07, 6.45) is 4.84. The van der Waals surface area contributed by atoms with Gasteiger partial charge >= 0.3 is 0 Å². The first-order valence-corrected chi connectivity index (χ1v) is 10.0. The summed E-state index contributed by atoms with van der Waals surface area (Å²) >= 11 is 4.97. The van der Waals surface area contributed by atoms with E-state index < -0.39 is 0 Å². The smallest absolute Gasteiger partial charge is 0.234 e. The molecule has 2 fully saturated rings. The fraction of sp³-hybridized carbons (Fsp3) is 0.471. The van der Waals surface area contributed by atoms with Crippen LogP contribution in [0.5, 0.6) is 0 Å². The summed E-state index contributed by atoms with van der Waals surface area (Å²) in [6, 6.07) is 6.44. The molecule has 5 nitrogen and oxygen atoms in total. The number of nitrogens with one attached hydrogen (secondary N) is 1. The molecule has 1 aromatic carbocycles. The van der Waals surface area contributed by atoms with E-state index in [1.54, 1.807) is 0 Å². The highest BCUT2D eigenvalue weighted by Crippen LogP contribution is 2.46. The predicted molar refractivity (Wildman–Crippen MR) is 98.5 cm³/mol. The third kappa shape index (κ3) is 3.52. The number of hydrogen-bond acceptors (Lipinski definition) is 4. The molecule has 0 saturated heterocycles. The molecular weight excluding hydrogens is 388 g/mol. The first-order valence-electron chi connectivity index (χ1n) is 8.25. The van der Waals surface area contributed by atoms with Gasteiger partial charge in [0.15, 0.2) is 5.16 Å². The molecule has 0 spiro atoms. The van der Waals surface area contributed by atoms with E-state index >= 15 is 0 Å². The lowest BCUT2D eigenvalue weighted by Gasteiger charge is -2.09. The van der Waals surface area contributed by atoms with Crippen LogP contribution in [0.25, 0.3) is 0 Å². The second-order valence-electron chi connectivity index (χ2n) is 6.54. The van der Waals surface area contributed by atoms with Crippen LogP contribution in [0.3, 0.4) is 0 Å². The Kier molecular flexibility index (Phi) is 4.39. The second kappa shape index (κ2) is 6.52. The molecule has 24 heavy (non-hydrogen) atoms. The van der Waals surface area contributed by atoms with Crippen molar-refractivity contribution >= 4 is 39.3 Å². The maximum Gasteiger partial charge on any atom is 0.234 e. The minimum atomic E-state index is -0.0251. The monoisotopic (exact) mass is 406 g/mol. The highest BCUT2D eigenvalue weighted by molar-refractivity contribution is 9.10. The van der Waals surface area contributed by atoms with Crippen LogP contribution in [0.1, 0.15) is 49.0 Å². The summed E-state index contributed by atoms with van der Waals surface area (Å²) in [5, 5.41) is 12.5. The molecule has 1 N–H and O–H groups in total. The summed E-state index contributed by atoms with van der Waals surface area (Å²) < 4.78 is 3.18. The Morgan fingerprint density at radius 2 is 2.12 bits per heavy atom. The van der Waals surface area contributed by atoms with Crippen molar-refractivity contribution in [2.75, 3.05) is 11.1 Å². The third-order valence-corrected chi connectivity index (χ3v) is 5.88. The van der Waals surface area contributed by atoms with Gasteiger partial charge in [0.25, 0.3) is 0 Å². The zero-order valence-corrected chi connectivity index (χ0v) is 15.9. The van der Waals surface area contributed by atoms with Crippen LogP contribution >= 0.6 is 27.7 Å². The number of amides is 1. The van der Waals surface area contributed by atoms with E-state index in [1.807, 2.05) is 25.1 Å². The number of rotatable bonds is 6. The lowest BCUT2D eigenvalue weighted by molar-refractivity contribution is -0.113. The lowest BCUT2D eigenvalue weighted by atomic mass is 10.2. The first-order chi connectivity index (χ1) is 11.6. The number of thioether (sulfide) groups is 1. The minimum Gasteiger partial charge on any atom is -0.324 e. The summed E-state index contributed by atoms with van der Waals surface area (Å²) in [6.45, 7) is 2.02. The fourth-order valence-electron chi connectivity index (χ4n) is 2.72. The average molecular weight is 407 g/mol. The van der Waals surface area contributed by atoms with Crippen molar-refractivity contribution in [2.24, 2.45) is 0 Å². The Balaban J connectivity index is 1.40. The van der Waals surface area contributed by atoms with Gasteiger partial charge in [-0.2, -0.15) is 0 Å². The van der Waals surface area contributed by atoms with Crippen LogP contribution in [0.15, 0.2) is 27.8 Å². The van der Waals surface area contributed by atoms with Crippen LogP contribution in [-0.4, -0.2) is 26.4 Å². The molecule has 0 unspecified atom stereocenters. The first kappa shape index (κ1) is 16.1. The number of nitrogens with zero attached hydrogens (tertiary/aromatic N) is 3. The number of hydrogen-bond donors (Lipinski definition) is 1. The number of benzene rings is 1. The Morgan fingerprint density at radius 3 is 2.79 bits per heavy atom. The normalized spacial score (nSPS) is 17.1. The van der Waals surface area contributed by atoms with Gasteiger partial charge in [0.05, 0.1) is 11.4 Å². The highest BCUT2D eigenvalue weighted by Gasteiger charge is 2.36. The standard InChI is InChI=1S/C17H19BrN4OS/c1-10-2-7-14(13(18)8-10)19-15(23)9-24-17-21-20-16(11-3-4-11)22(17)12-5-6-12/h2,7-8,11-12H,3-6,9H2,1H3,(H,19,23). The molecule has 0 radical (unpaired) electrons. The van der Waals surface area contributed by atoms with E-state index in [-0.39, 0.29) is 5.91 Å². The van der Waals surface area contributed by atoms with Crippen molar-refractivity contribution in [3.05, 3.63) is 34.1 Å². The van der Waals surface area contributed by atoms with Gasteiger partial charge in [0.2, 0.25) is 5.91 Å². The van der Waals surface area contributed by atoms with Gasteiger partial charge in [0, 0.05) is 16.4 Å². The van der Waals surface area contributed by atoms with E-state index in [1.165, 1.54) is 37.4 Å². The molecule has 2 aliphatic rings. The van der Waals surface area contributed by atoms with Gasteiger partial charge in [0.1, 0.15) is 5.82 Å². The Morgan fingerprint density at radius 1 is 1.33 bits per heavy atom. The average Bonchev–Trinajstić information content (AvgIpc) is 3.47. The number of carbonyl (C=O) groups is 1. The number of anilines is 1. The molecule has 4 rings (SSSR count). The number of carbonyl (C=O) groups excluding carboxylic acids is 1. The number of aromatic nitrogens is 3. The Hall–Kier alpha value is -1.34. The van der Waals surface area contributed by atoms with Gasteiger partial charge in [-0.15, -0.1) is 10.2 Å². The van der Waals surface area contributed by atoms with E-state index in [9.17, 15) is 4.79 Å². The van der Waals surface area contributed by atoms with Crippen molar-refractivity contribution in [2.45, 2.75) is 49.7 Å². The quantitative estimate of drug-likeness (QED) is 0.726. The number of halogens is 1. The van der Waals surface area contributed by atoms with Crippen LogP contribution in [0, 0.1) is 6.92 Å². The van der Waals surface area contributed by atoms with E-state index in [2.05, 4.69) is 36.0 Å². The van der Waals surface area contributed by atoms with Crippen LogP contribution in [-0.2, 0) is 4.79 Å². The summed E-state index contributed by atoms with van der Waals surface area (Å²) in [5.74, 6) is 2.03. The summed E-state index contributed by atoms with van der Waals surface area (Å²) in [4.78, 5) is 12.3. The minimum absolute atomic E-state index is 0.0251. The summed E-state index contributed by atoms with van der Waals surface area (Å²) in [5.41, 5.74) is 1.95. The Bertz CT molecular complexity index is 783. The van der Waals surface area contributed by atoms with E-state index in [0.717, 1.165) is 26.7 Å². The molecular formula is C17H19BrN4OS. The Labute approximate surface area is 153 Å². The maximum absolute atomic E-state index is 12.3. The van der Waals surface area contributed by atoms with Gasteiger partial charge in [-0.3, -0.25) is 4.79 Å². The molecule has 0 atom stereocenters. The number of aryl methyl sites for hydroxylation is 1. The van der Waals surface area contributed by atoms with Gasteiger partial charge < -0.3 is 9.88 Å². The molecule has 1 heterocycles. The molecule has 1 amide bonds. The molecule has 2 aromatic rings. The van der Waals surface area contributed by atoms with Gasteiger partial charge in [-0.1, -0.05) is 17.8 Å². The van der Waals surface area contributed by atoms with Crippen molar-refractivity contribution in [1.29, 1.82) is 0 Å². The molecule has 2 aliphatic carbocycles. The molecule has 1 aromatic heterocycles. The topological polar surface area (TPSA) is 59.8 Å².